The molecule has 0 saturated carbocycles. The Bertz CT molecular complexity index is 697. The molecule has 1 aliphatic rings. The zero-order chi connectivity index (χ0) is 16.2. The molecule has 7 nitrogen and oxygen atoms in total. The molecule has 1 aromatic carbocycles. The van der Waals surface area contributed by atoms with Crippen molar-refractivity contribution < 1.29 is 13.9 Å². The molecule has 0 spiro atoms. The summed E-state index contributed by atoms with van der Waals surface area (Å²) in [5, 5.41) is 10.3. The van der Waals surface area contributed by atoms with Crippen LogP contribution in [-0.4, -0.2) is 47.0 Å². The highest BCUT2D eigenvalue weighted by molar-refractivity contribution is 6.04. The van der Waals surface area contributed by atoms with Gasteiger partial charge < -0.3 is 9.64 Å². The SMILES string of the molecule is CCn1cnnc1NC(=O)c1cc(F)cc(N2CCOCC2)c1. The first kappa shape index (κ1) is 15.4. The molecule has 1 fully saturated rings. The van der Waals surface area contributed by atoms with Gasteiger partial charge in [-0.05, 0) is 25.1 Å². The molecule has 0 atom stereocenters. The van der Waals surface area contributed by atoms with Crippen LogP contribution in [0.25, 0.3) is 0 Å². The topological polar surface area (TPSA) is 72.3 Å². The van der Waals surface area contributed by atoms with Crippen molar-refractivity contribution in [2.45, 2.75) is 13.5 Å². The second-order valence-electron chi connectivity index (χ2n) is 5.19. The number of carbonyl (C=O) groups excluding carboxylic acids is 1. The van der Waals surface area contributed by atoms with Crippen LogP contribution in [0.4, 0.5) is 16.0 Å². The lowest BCUT2D eigenvalue weighted by Crippen LogP contribution is -2.36. The van der Waals surface area contributed by atoms with Gasteiger partial charge in [-0.3, -0.25) is 14.7 Å². The average Bonchev–Trinajstić information content (AvgIpc) is 3.02. The summed E-state index contributed by atoms with van der Waals surface area (Å²) in [4.78, 5) is 14.4. The molecule has 8 heteroatoms. The van der Waals surface area contributed by atoms with E-state index >= 15 is 0 Å². The number of halogens is 1. The van der Waals surface area contributed by atoms with Crippen LogP contribution in [0.1, 0.15) is 17.3 Å². The molecule has 23 heavy (non-hydrogen) atoms. The van der Waals surface area contributed by atoms with E-state index < -0.39 is 11.7 Å². The highest BCUT2D eigenvalue weighted by Gasteiger charge is 2.16. The number of morpholine rings is 1. The number of aromatic nitrogens is 3. The van der Waals surface area contributed by atoms with Crippen molar-refractivity contribution in [2.75, 3.05) is 36.5 Å². The fourth-order valence-corrected chi connectivity index (χ4v) is 2.47. The normalized spacial score (nSPS) is 14.8. The molecule has 0 unspecified atom stereocenters. The molecule has 1 saturated heterocycles. The fraction of sp³-hybridized carbons (Fsp3) is 0.400. The molecule has 1 aliphatic heterocycles. The Hall–Kier alpha value is -2.48. The number of hydrogen-bond acceptors (Lipinski definition) is 5. The van der Waals surface area contributed by atoms with Crippen LogP contribution in [-0.2, 0) is 11.3 Å². The minimum atomic E-state index is -0.448. The van der Waals surface area contributed by atoms with Crippen molar-refractivity contribution in [2.24, 2.45) is 0 Å². The molecule has 1 aromatic heterocycles. The summed E-state index contributed by atoms with van der Waals surface area (Å²) in [6.45, 7) is 5.08. The first-order chi connectivity index (χ1) is 11.2. The van der Waals surface area contributed by atoms with Crippen molar-refractivity contribution in [1.82, 2.24) is 14.8 Å². The van der Waals surface area contributed by atoms with Crippen LogP contribution in [0.15, 0.2) is 24.5 Å². The highest BCUT2D eigenvalue weighted by Crippen LogP contribution is 2.20. The Labute approximate surface area is 133 Å². The molecule has 3 rings (SSSR count). The van der Waals surface area contributed by atoms with Crippen LogP contribution in [0, 0.1) is 5.82 Å². The van der Waals surface area contributed by atoms with Crippen LogP contribution in [0.2, 0.25) is 0 Å². The number of benzene rings is 1. The lowest BCUT2D eigenvalue weighted by Gasteiger charge is -2.29. The predicted octanol–water partition coefficient (Wildman–Crippen LogP) is 1.53. The number of anilines is 2. The molecular weight excluding hydrogens is 301 g/mol. The van der Waals surface area contributed by atoms with Gasteiger partial charge in [-0.15, -0.1) is 10.2 Å². The van der Waals surface area contributed by atoms with Crippen LogP contribution < -0.4 is 10.2 Å². The number of carbonyl (C=O) groups is 1. The molecule has 2 heterocycles. The van der Waals surface area contributed by atoms with Gasteiger partial charge in [0.15, 0.2) is 0 Å². The van der Waals surface area contributed by atoms with Gasteiger partial charge in [0.2, 0.25) is 5.95 Å². The second-order valence-corrected chi connectivity index (χ2v) is 5.19. The third kappa shape index (κ3) is 3.48. The quantitative estimate of drug-likeness (QED) is 0.925. The van der Waals surface area contributed by atoms with Gasteiger partial charge in [0.05, 0.1) is 13.2 Å². The van der Waals surface area contributed by atoms with E-state index in [0.29, 0.717) is 44.5 Å². The van der Waals surface area contributed by atoms with E-state index in [1.165, 1.54) is 18.5 Å². The molecule has 122 valence electrons. The summed E-state index contributed by atoms with van der Waals surface area (Å²) in [7, 11) is 0. The van der Waals surface area contributed by atoms with E-state index in [9.17, 15) is 9.18 Å². The minimum absolute atomic E-state index is 0.247. The number of amides is 1. The summed E-state index contributed by atoms with van der Waals surface area (Å²) in [6, 6.07) is 4.32. The van der Waals surface area contributed by atoms with Crippen molar-refractivity contribution in [3.63, 3.8) is 0 Å². The Morgan fingerprint density at radius 1 is 1.35 bits per heavy atom. The van der Waals surface area contributed by atoms with E-state index in [1.807, 2.05) is 11.8 Å². The first-order valence-electron chi connectivity index (χ1n) is 7.50. The number of aryl methyl sites for hydroxylation is 1. The third-order valence-electron chi connectivity index (χ3n) is 3.70. The van der Waals surface area contributed by atoms with Crippen LogP contribution in [0.3, 0.4) is 0 Å². The summed E-state index contributed by atoms with van der Waals surface area (Å²) >= 11 is 0. The minimum Gasteiger partial charge on any atom is -0.378 e. The predicted molar refractivity (Wildman–Crippen MR) is 83.1 cm³/mol. The van der Waals surface area contributed by atoms with Crippen molar-refractivity contribution >= 4 is 17.5 Å². The molecule has 1 amide bonds. The maximum Gasteiger partial charge on any atom is 0.258 e. The van der Waals surface area contributed by atoms with E-state index in [0.717, 1.165) is 0 Å². The first-order valence-corrected chi connectivity index (χ1v) is 7.50. The molecule has 0 radical (unpaired) electrons. The molecule has 0 bridgehead atoms. The Morgan fingerprint density at radius 2 is 2.13 bits per heavy atom. The van der Waals surface area contributed by atoms with Gasteiger partial charge in [-0.25, -0.2) is 4.39 Å². The van der Waals surface area contributed by atoms with Gasteiger partial charge in [-0.1, -0.05) is 0 Å². The van der Waals surface area contributed by atoms with E-state index in [2.05, 4.69) is 15.5 Å². The average molecular weight is 319 g/mol. The second kappa shape index (κ2) is 6.74. The van der Waals surface area contributed by atoms with Gasteiger partial charge in [-0.2, -0.15) is 0 Å². The standard InChI is InChI=1S/C15H18FN5O2/c1-2-20-10-17-19-15(20)18-14(22)11-7-12(16)9-13(8-11)21-3-5-23-6-4-21/h7-10H,2-6H2,1H3,(H,18,19,22). The smallest absolute Gasteiger partial charge is 0.258 e. The molecule has 0 aliphatic carbocycles. The van der Waals surface area contributed by atoms with Crippen molar-refractivity contribution in [3.05, 3.63) is 35.9 Å². The molecule has 2 aromatic rings. The number of hydrogen-bond donors (Lipinski definition) is 1. The lowest BCUT2D eigenvalue weighted by atomic mass is 10.1. The van der Waals surface area contributed by atoms with E-state index in [-0.39, 0.29) is 5.56 Å². The molecule has 1 N–H and O–H groups in total. The number of rotatable bonds is 4. The van der Waals surface area contributed by atoms with Gasteiger partial charge in [0.25, 0.3) is 5.91 Å². The number of nitrogens with one attached hydrogen (secondary N) is 1. The Morgan fingerprint density at radius 3 is 2.87 bits per heavy atom. The fourth-order valence-electron chi connectivity index (χ4n) is 2.47. The summed E-state index contributed by atoms with van der Waals surface area (Å²) < 4.78 is 20.9. The number of nitrogens with zero attached hydrogens (tertiary/aromatic N) is 4. The number of ether oxygens (including phenoxy) is 1. The van der Waals surface area contributed by atoms with Crippen LogP contribution >= 0.6 is 0 Å². The zero-order valence-corrected chi connectivity index (χ0v) is 12.8. The van der Waals surface area contributed by atoms with E-state index in [1.54, 1.807) is 10.6 Å². The van der Waals surface area contributed by atoms with Crippen molar-refractivity contribution in [1.29, 1.82) is 0 Å². The lowest BCUT2D eigenvalue weighted by molar-refractivity contribution is 0.102. The largest absolute Gasteiger partial charge is 0.378 e. The Balaban J connectivity index is 1.81. The van der Waals surface area contributed by atoms with Gasteiger partial charge >= 0.3 is 0 Å². The maximum atomic E-state index is 13.9. The van der Waals surface area contributed by atoms with Gasteiger partial charge in [0, 0.05) is 30.9 Å². The third-order valence-corrected chi connectivity index (χ3v) is 3.70. The monoisotopic (exact) mass is 319 g/mol. The zero-order valence-electron chi connectivity index (χ0n) is 12.8. The summed E-state index contributed by atoms with van der Waals surface area (Å²) in [5.74, 6) is -0.521. The Kier molecular flexibility index (Phi) is 4.52. The highest BCUT2D eigenvalue weighted by atomic mass is 19.1. The maximum absolute atomic E-state index is 13.9. The molecular formula is C15H18FN5O2. The van der Waals surface area contributed by atoms with Crippen molar-refractivity contribution in [3.8, 4) is 0 Å². The summed E-state index contributed by atoms with van der Waals surface area (Å²) in [6.07, 6.45) is 1.53. The van der Waals surface area contributed by atoms with Gasteiger partial charge in [0.1, 0.15) is 12.1 Å². The summed E-state index contributed by atoms with van der Waals surface area (Å²) in [5.41, 5.74) is 0.924. The van der Waals surface area contributed by atoms with E-state index in [4.69, 9.17) is 4.74 Å². The van der Waals surface area contributed by atoms with Crippen LogP contribution in [0.5, 0.6) is 0 Å².